The zero-order valence-corrected chi connectivity index (χ0v) is 91.5. The number of carbonyl (C=O) groups excluding carboxylic acids is 3. The number of pyridine rings is 4. The number of nitrogens with one attached hydrogen (secondary N) is 7. The molecule has 3 amide bonds. The topological polar surface area (TPSA) is 494 Å². The summed E-state index contributed by atoms with van der Waals surface area (Å²) < 4.78 is 61.4. The van der Waals surface area contributed by atoms with Gasteiger partial charge in [-0.3, -0.25) is 9.59 Å². The number of fused-ring (bicyclic) bond motifs is 4. The van der Waals surface area contributed by atoms with Crippen molar-refractivity contribution in [2.45, 2.75) is 245 Å². The Hall–Kier alpha value is -13.3. The third kappa shape index (κ3) is 32.1. The summed E-state index contributed by atoms with van der Waals surface area (Å²) in [5.74, 6) is -1.20. The maximum Gasteiger partial charge on any atom is 0.498 e. The van der Waals surface area contributed by atoms with E-state index < -0.39 is 58.1 Å². The molecule has 0 radical (unpaired) electrons. The van der Waals surface area contributed by atoms with Crippen molar-refractivity contribution < 1.29 is 71.5 Å². The summed E-state index contributed by atoms with van der Waals surface area (Å²) in [6.07, 6.45) is 28.5. The number of amides is 3. The van der Waals surface area contributed by atoms with Crippen molar-refractivity contribution in [1.82, 2.24) is 98.9 Å². The molecule has 0 bridgehead atoms. The van der Waals surface area contributed by atoms with E-state index >= 15 is 0 Å². The van der Waals surface area contributed by atoms with Gasteiger partial charge >= 0.3 is 49.3 Å². The number of methoxy groups -OCH3 is 4. The van der Waals surface area contributed by atoms with Gasteiger partial charge in [-0.2, -0.15) is 30.5 Å². The Morgan fingerprint density at radius 1 is 0.503 bits per heavy atom. The molecule has 0 unspecified atom stereocenters. The van der Waals surface area contributed by atoms with E-state index in [1.165, 1.54) is 26.7 Å². The maximum absolute atomic E-state index is 12.8. The van der Waals surface area contributed by atoms with Gasteiger partial charge < -0.3 is 113 Å². The highest BCUT2D eigenvalue weighted by atomic mass is 79.9. The van der Waals surface area contributed by atoms with Crippen LogP contribution < -0.4 is 51.0 Å². The Bertz CT molecular complexity index is 6490. The predicted molar refractivity (Wildman–Crippen MR) is 574 cm³/mol. The SMILES string of the molecule is CC(C)(C)OC(=O)N1CCC[C@@H](Nc2c(B3OC(C)(C)C(C)(C)O3)cnc3c2ccn3COCC[Si](C)(C)C)C1.COc1nccc(-c2cnc3[nH]ccc3c2N[C@@H]2CCCN(C(=O)CC#N)C2)n1.COc1nccc(-c2cnc3[nH]ccc3c2N[C@@H]2CCCNC2)n1.COc1nccc(-c2cnc3c(ccn3COCC[Si](C)(C)C)c2N[C@@H]2CCCN(C(=O)OC(C)(C)C)C2)n1.COc1nccc(Br)n1.N#CCC(=O)O. The summed E-state index contributed by atoms with van der Waals surface area (Å²) >= 11 is 3.17. The monoisotopic (exact) mass is 2110 g/mol. The van der Waals surface area contributed by atoms with Gasteiger partial charge in [0.05, 0.1) is 85.9 Å². The number of hydrogen-bond donors (Lipinski definition) is 8. The molecule has 786 valence electrons. The Balaban J connectivity index is 0.000000168. The normalized spacial score (nSPS) is 17.1. The van der Waals surface area contributed by atoms with Crippen molar-refractivity contribution in [3.05, 3.63) is 127 Å². The first-order valence-electron chi connectivity index (χ1n) is 49.5. The number of ether oxygens (including phenoxy) is 8. The van der Waals surface area contributed by atoms with Crippen LogP contribution in [0.3, 0.4) is 0 Å². The Morgan fingerprint density at radius 3 is 1.29 bits per heavy atom. The Kier molecular flexibility index (Phi) is 39.3. The van der Waals surface area contributed by atoms with Crippen LogP contribution in [0.2, 0.25) is 51.4 Å². The van der Waals surface area contributed by atoms with E-state index in [1.54, 1.807) is 66.0 Å². The van der Waals surface area contributed by atoms with Gasteiger partial charge in [-0.15, -0.1) is 0 Å². The number of aromatic nitrogens is 16. The number of rotatable bonds is 28. The molecule has 0 aliphatic carbocycles. The summed E-state index contributed by atoms with van der Waals surface area (Å²) in [5, 5.41) is 46.3. The average molecular weight is 2120 g/mol. The fraction of sp³-hybridized carbons (Fsp3) is 0.510. The van der Waals surface area contributed by atoms with Crippen LogP contribution in [0.5, 0.6) is 24.0 Å². The molecule has 0 aromatic carbocycles. The molecule has 147 heavy (non-hydrogen) atoms. The lowest BCUT2D eigenvalue weighted by atomic mass is 9.78. The molecule has 8 N–H and O–H groups in total. The highest BCUT2D eigenvalue weighted by Gasteiger charge is 2.53. The zero-order valence-electron chi connectivity index (χ0n) is 87.9. The molecule has 17 heterocycles. The van der Waals surface area contributed by atoms with Gasteiger partial charge in [-0.05, 0) is 204 Å². The van der Waals surface area contributed by atoms with Crippen molar-refractivity contribution >= 4 is 136 Å². The van der Waals surface area contributed by atoms with Gasteiger partial charge in [0, 0.05) is 223 Å². The summed E-state index contributed by atoms with van der Waals surface area (Å²) in [6.45, 7) is 41.8. The van der Waals surface area contributed by atoms with E-state index in [1.807, 2.05) is 130 Å². The molecule has 12 aromatic heterocycles. The molecule has 0 saturated carbocycles. The fourth-order valence-corrected chi connectivity index (χ4v) is 18.5. The highest BCUT2D eigenvalue weighted by Crippen LogP contribution is 2.42. The minimum absolute atomic E-state index is 0.0377. The van der Waals surface area contributed by atoms with Crippen LogP contribution in [-0.2, 0) is 51.3 Å². The number of piperidine rings is 4. The maximum atomic E-state index is 12.8. The predicted octanol–water partition coefficient (Wildman–Crippen LogP) is 16.9. The molecule has 5 aliphatic heterocycles. The molecular weight excluding hydrogens is 1980 g/mol. The third-order valence-corrected chi connectivity index (χ3v) is 28.7. The number of hydrogen-bond acceptors (Lipinski definition) is 33. The Morgan fingerprint density at radius 2 is 0.891 bits per heavy atom. The van der Waals surface area contributed by atoms with Crippen LogP contribution in [-0.4, -0.2) is 287 Å². The van der Waals surface area contributed by atoms with Gasteiger partial charge in [0.1, 0.15) is 64.7 Å². The number of carboxylic acid groups (broad SMARTS) is 1. The summed E-state index contributed by atoms with van der Waals surface area (Å²) in [7, 11) is 3.28. The molecule has 45 heteroatoms. The van der Waals surface area contributed by atoms with Crippen LogP contribution in [0.25, 0.3) is 77.9 Å². The van der Waals surface area contributed by atoms with Crippen LogP contribution in [0.15, 0.2) is 127 Å². The highest BCUT2D eigenvalue weighted by molar-refractivity contribution is 9.10. The molecule has 4 atom stereocenters. The summed E-state index contributed by atoms with van der Waals surface area (Å²) in [6, 6.07) is 22.9. The molecule has 17 rings (SSSR count). The molecule has 41 nitrogen and oxygen atoms in total. The largest absolute Gasteiger partial charge is 0.498 e. The van der Waals surface area contributed by atoms with E-state index in [0.717, 1.165) is 183 Å². The van der Waals surface area contributed by atoms with Crippen LogP contribution >= 0.6 is 15.9 Å². The van der Waals surface area contributed by atoms with E-state index in [-0.39, 0.29) is 48.7 Å². The minimum atomic E-state index is -1.17. The number of carbonyl (C=O) groups is 4. The van der Waals surface area contributed by atoms with E-state index in [4.69, 9.17) is 72.8 Å². The second kappa shape index (κ2) is 51.4. The van der Waals surface area contributed by atoms with Crippen molar-refractivity contribution in [3.63, 3.8) is 0 Å². The second-order valence-corrected chi connectivity index (χ2v) is 53.6. The molecule has 5 aliphatic rings. The smallest absolute Gasteiger partial charge is 0.480 e. The minimum Gasteiger partial charge on any atom is -0.480 e. The van der Waals surface area contributed by atoms with Crippen molar-refractivity contribution in [3.8, 4) is 70.0 Å². The summed E-state index contributed by atoms with van der Waals surface area (Å²) in [5.41, 5.74) is 10.8. The number of nitriles is 2. The number of aromatic amines is 2. The number of likely N-dealkylation sites (tertiary alicyclic amines) is 3. The number of carboxylic acids is 1. The average Bonchev–Trinajstić information content (AvgIpc) is 1.60. The number of aliphatic carboxylic acids is 1. The number of H-pyrrole nitrogens is 2. The molecule has 5 saturated heterocycles. The van der Waals surface area contributed by atoms with Crippen molar-refractivity contribution in [1.29, 1.82) is 10.5 Å². The van der Waals surface area contributed by atoms with E-state index in [9.17, 15) is 19.2 Å². The van der Waals surface area contributed by atoms with Gasteiger partial charge in [-0.25, -0.2) is 49.5 Å². The van der Waals surface area contributed by atoms with Crippen LogP contribution in [0.4, 0.5) is 32.3 Å². The number of anilines is 4. The van der Waals surface area contributed by atoms with E-state index in [0.29, 0.717) is 88.2 Å². The lowest BCUT2D eigenvalue weighted by Gasteiger charge is -2.35. The van der Waals surface area contributed by atoms with Gasteiger partial charge in [-0.1, -0.05) is 39.3 Å². The van der Waals surface area contributed by atoms with Crippen LogP contribution in [0.1, 0.15) is 133 Å². The van der Waals surface area contributed by atoms with Gasteiger partial charge in [0.2, 0.25) is 5.91 Å². The standard InChI is InChI=1S/C29H49BN4O5Si.C28H42N6O4Si.C20H21N7O2.C17H20N6O.C5H5BrN2O.C3H3NO2/c1-27(2,3)37-26(35)33-14-11-12-21(19-33)32-24-22-13-15-34(20-36-16-17-40(8,9)10)25(22)31-18-23(24)30-38-28(4,5)29(6,7)39-30;1-28(2,3)38-27(35)33-13-8-9-20(18-33)31-24-21-11-14-34(19-37-15-16-39(5,6)7)25(21)30-17-22(24)23-10-12-29-26(32-23)36-4;1-29-20-23-9-6-16(26-20)15-11-24-19-14(5-8-22-19)18(15)25-13-3-2-10-27(12-13)17(28)4-7-21;1-24-17-20-8-5-14(23-17)13-10-21-16-12(4-7-19-16)15(13)22-11-3-2-6-18-9-11;1-9-5-7-3-2-4(6)8-5;4-2-1-3(5)6/h13,15,18,21H,11-12,14,16-17,19-20H2,1-10H3,(H,31,32);10-12,14,17,20H,8-9,13,15-16,18-19H2,1-7H3,(H,30,31);5-6,8-9,11,13H,2-4,10,12H2,1H3,(H2,22,24,25);4-5,7-8,10-11,18H,2-3,6,9H2,1H3,(H2,19,21,22);2-3H,1H3;1H2,(H,5,6)/t21-;20-;13-;11-;;/m1111../s1. The van der Waals surface area contributed by atoms with Crippen molar-refractivity contribution in [2.24, 2.45) is 0 Å². The molecular formula is C102H140BBrN26O15Si2. The summed E-state index contributed by atoms with van der Waals surface area (Å²) in [4.78, 5) is 111. The molecule has 5 fully saturated rings. The quantitative estimate of drug-likeness (QED) is 0.0128. The lowest BCUT2D eigenvalue weighted by Crippen LogP contribution is -2.48. The molecule has 0 spiro atoms. The first-order valence-corrected chi connectivity index (χ1v) is 57.7. The first kappa shape index (κ1) is 112. The lowest BCUT2D eigenvalue weighted by molar-refractivity contribution is -0.136. The van der Waals surface area contributed by atoms with E-state index in [2.05, 4.69) is 181 Å². The number of halogens is 1. The van der Waals surface area contributed by atoms with Gasteiger partial charge in [0.15, 0.2) is 0 Å². The number of nitrogens with zero attached hydrogens (tertiary/aromatic N) is 19. The first-order chi connectivity index (χ1) is 70.0. The van der Waals surface area contributed by atoms with Crippen LogP contribution in [0, 0.1) is 22.7 Å². The fourth-order valence-electron chi connectivity index (χ4n) is 16.7. The Labute approximate surface area is 869 Å². The second-order valence-electron chi connectivity index (χ2n) is 41.6. The third-order valence-electron chi connectivity index (χ3n) is 24.9. The molecule has 12 aromatic rings. The van der Waals surface area contributed by atoms with Gasteiger partial charge in [0.25, 0.3) is 0 Å². The van der Waals surface area contributed by atoms with Crippen molar-refractivity contribution in [2.75, 3.05) is 115 Å². The zero-order chi connectivity index (χ0) is 106.